The quantitative estimate of drug-likeness (QED) is 0.833. The Bertz CT molecular complexity index is 400. The summed E-state index contributed by atoms with van der Waals surface area (Å²) in [4.78, 5) is 11.1. The Morgan fingerprint density at radius 3 is 2.35 bits per heavy atom. The van der Waals surface area contributed by atoms with Gasteiger partial charge in [0.05, 0.1) is 0 Å². The van der Waals surface area contributed by atoms with E-state index in [9.17, 15) is 4.79 Å². The normalized spacial score (nSPS) is 20.4. The molecule has 0 radical (unpaired) electrons. The number of rotatable bonds is 2. The van der Waals surface area contributed by atoms with E-state index in [1.165, 1.54) is 11.1 Å². The van der Waals surface area contributed by atoms with Crippen LogP contribution in [0.3, 0.4) is 0 Å². The van der Waals surface area contributed by atoms with Crippen LogP contribution in [0.1, 0.15) is 44.7 Å². The maximum Gasteiger partial charge on any atom is 0.220 e. The Kier molecular flexibility index (Phi) is 3.23. The minimum Gasteiger partial charge on any atom is -0.353 e. The second-order valence-electron chi connectivity index (χ2n) is 5.95. The molecular weight excluding hydrogens is 210 g/mol. The van der Waals surface area contributed by atoms with Gasteiger partial charge >= 0.3 is 0 Å². The van der Waals surface area contributed by atoms with Crippen LogP contribution in [-0.4, -0.2) is 11.9 Å². The predicted molar refractivity (Wildman–Crippen MR) is 70.0 cm³/mol. The second kappa shape index (κ2) is 4.52. The zero-order valence-electron chi connectivity index (χ0n) is 10.9. The number of carbonyl (C=O) groups excluding carboxylic acids is 1. The van der Waals surface area contributed by atoms with Crippen LogP contribution in [0, 0.1) is 0 Å². The van der Waals surface area contributed by atoms with Crippen molar-refractivity contribution >= 4 is 5.91 Å². The Balaban J connectivity index is 2.01. The summed E-state index contributed by atoms with van der Waals surface area (Å²) in [5.41, 5.74) is 2.88. The summed E-state index contributed by atoms with van der Waals surface area (Å²) in [5, 5.41) is 3.01. The summed E-state index contributed by atoms with van der Waals surface area (Å²) < 4.78 is 0. The van der Waals surface area contributed by atoms with E-state index in [0.29, 0.717) is 12.5 Å². The molecule has 92 valence electrons. The zero-order valence-corrected chi connectivity index (χ0v) is 10.9. The van der Waals surface area contributed by atoms with Gasteiger partial charge in [-0.05, 0) is 29.4 Å². The molecule has 1 atom stereocenters. The topological polar surface area (TPSA) is 29.1 Å². The van der Waals surface area contributed by atoms with E-state index >= 15 is 0 Å². The molecule has 2 heteroatoms. The largest absolute Gasteiger partial charge is 0.353 e. The first-order chi connectivity index (χ1) is 7.95. The molecule has 1 aromatic carbocycles. The molecule has 1 N–H and O–H groups in total. The van der Waals surface area contributed by atoms with Crippen LogP contribution in [-0.2, 0) is 16.6 Å². The third kappa shape index (κ3) is 3.09. The summed E-state index contributed by atoms with van der Waals surface area (Å²) in [5.74, 6) is 0.196. The summed E-state index contributed by atoms with van der Waals surface area (Å²) in [6.07, 6.45) is 2.61. The minimum atomic E-state index is 0.196. The Labute approximate surface area is 103 Å². The van der Waals surface area contributed by atoms with Crippen molar-refractivity contribution in [3.8, 4) is 0 Å². The zero-order chi connectivity index (χ0) is 12.5. The molecule has 1 aliphatic rings. The highest BCUT2D eigenvalue weighted by Gasteiger charge is 2.21. The molecule has 1 saturated heterocycles. The van der Waals surface area contributed by atoms with Crippen molar-refractivity contribution < 1.29 is 4.79 Å². The van der Waals surface area contributed by atoms with E-state index in [1.807, 2.05) is 0 Å². The van der Waals surface area contributed by atoms with Crippen LogP contribution >= 0.6 is 0 Å². The van der Waals surface area contributed by atoms with Crippen LogP contribution in [0.25, 0.3) is 0 Å². The molecule has 0 aromatic heterocycles. The summed E-state index contributed by atoms with van der Waals surface area (Å²) in [7, 11) is 0. The molecule has 0 saturated carbocycles. The number of carbonyl (C=O) groups is 1. The highest BCUT2D eigenvalue weighted by atomic mass is 16.1. The molecule has 1 aromatic rings. The van der Waals surface area contributed by atoms with Crippen molar-refractivity contribution in [3.05, 3.63) is 35.4 Å². The molecule has 0 aliphatic carbocycles. The Hall–Kier alpha value is -1.31. The molecular formula is C15H21NO. The number of amides is 1. The molecule has 1 amide bonds. The first-order valence-corrected chi connectivity index (χ1v) is 6.34. The van der Waals surface area contributed by atoms with E-state index < -0.39 is 0 Å². The van der Waals surface area contributed by atoms with Gasteiger partial charge in [-0.3, -0.25) is 4.79 Å². The van der Waals surface area contributed by atoms with Crippen LogP contribution in [0.2, 0.25) is 0 Å². The molecule has 2 nitrogen and oxygen atoms in total. The van der Waals surface area contributed by atoms with Gasteiger partial charge in [0, 0.05) is 12.5 Å². The fraction of sp³-hybridized carbons (Fsp3) is 0.533. The van der Waals surface area contributed by atoms with Gasteiger partial charge in [0.1, 0.15) is 0 Å². The van der Waals surface area contributed by atoms with Crippen LogP contribution < -0.4 is 5.32 Å². The lowest BCUT2D eigenvalue weighted by atomic mass is 9.86. The molecule has 0 bridgehead atoms. The highest BCUT2D eigenvalue weighted by molar-refractivity contribution is 5.78. The van der Waals surface area contributed by atoms with Crippen molar-refractivity contribution in [2.24, 2.45) is 0 Å². The van der Waals surface area contributed by atoms with Gasteiger partial charge in [-0.1, -0.05) is 45.0 Å². The number of hydrogen-bond acceptors (Lipinski definition) is 1. The standard InChI is InChI=1S/C15H21NO/c1-15(2,3)12-6-4-11(5-7-12)10-13-8-9-14(17)16-13/h4-7,13H,8-10H2,1-3H3,(H,16,17). The Morgan fingerprint density at radius 2 is 1.88 bits per heavy atom. The van der Waals surface area contributed by atoms with E-state index in [1.54, 1.807) is 0 Å². The molecule has 1 unspecified atom stereocenters. The third-order valence-corrected chi connectivity index (χ3v) is 3.39. The Morgan fingerprint density at radius 1 is 1.24 bits per heavy atom. The van der Waals surface area contributed by atoms with Crippen LogP contribution in [0.5, 0.6) is 0 Å². The van der Waals surface area contributed by atoms with Gasteiger partial charge in [0.2, 0.25) is 5.91 Å². The van der Waals surface area contributed by atoms with Crippen LogP contribution in [0.15, 0.2) is 24.3 Å². The smallest absolute Gasteiger partial charge is 0.220 e. The molecule has 0 spiro atoms. The summed E-state index contributed by atoms with van der Waals surface area (Å²) in [6, 6.07) is 9.11. The second-order valence-corrected chi connectivity index (χ2v) is 5.95. The van der Waals surface area contributed by atoms with E-state index in [-0.39, 0.29) is 11.3 Å². The van der Waals surface area contributed by atoms with Gasteiger partial charge in [-0.2, -0.15) is 0 Å². The average molecular weight is 231 g/mol. The van der Waals surface area contributed by atoms with E-state index in [2.05, 4.69) is 50.4 Å². The monoisotopic (exact) mass is 231 g/mol. The van der Waals surface area contributed by atoms with E-state index in [0.717, 1.165) is 12.8 Å². The maximum atomic E-state index is 11.1. The SMILES string of the molecule is CC(C)(C)c1ccc(CC2CCC(=O)N2)cc1. The number of nitrogens with one attached hydrogen (secondary N) is 1. The van der Waals surface area contributed by atoms with Gasteiger partial charge in [-0.15, -0.1) is 0 Å². The van der Waals surface area contributed by atoms with Crippen molar-refractivity contribution in [3.63, 3.8) is 0 Å². The number of hydrogen-bond donors (Lipinski definition) is 1. The number of benzene rings is 1. The van der Waals surface area contributed by atoms with Gasteiger partial charge in [0.25, 0.3) is 0 Å². The van der Waals surface area contributed by atoms with Gasteiger partial charge in [0.15, 0.2) is 0 Å². The van der Waals surface area contributed by atoms with Gasteiger partial charge in [-0.25, -0.2) is 0 Å². The van der Waals surface area contributed by atoms with Gasteiger partial charge < -0.3 is 5.32 Å². The average Bonchev–Trinajstić information content (AvgIpc) is 2.63. The maximum absolute atomic E-state index is 11.1. The summed E-state index contributed by atoms with van der Waals surface area (Å²) in [6.45, 7) is 6.66. The molecule has 17 heavy (non-hydrogen) atoms. The fourth-order valence-corrected chi connectivity index (χ4v) is 2.26. The fourth-order valence-electron chi connectivity index (χ4n) is 2.26. The molecule has 1 aliphatic heterocycles. The van der Waals surface area contributed by atoms with Crippen molar-refractivity contribution in [2.45, 2.75) is 51.5 Å². The van der Waals surface area contributed by atoms with E-state index in [4.69, 9.17) is 0 Å². The summed E-state index contributed by atoms with van der Waals surface area (Å²) >= 11 is 0. The lowest BCUT2D eigenvalue weighted by Crippen LogP contribution is -2.27. The van der Waals surface area contributed by atoms with Crippen molar-refractivity contribution in [1.29, 1.82) is 0 Å². The predicted octanol–water partition coefficient (Wildman–Crippen LogP) is 2.81. The first kappa shape index (κ1) is 12.2. The molecule has 1 heterocycles. The molecule has 2 rings (SSSR count). The van der Waals surface area contributed by atoms with Crippen molar-refractivity contribution in [2.75, 3.05) is 0 Å². The van der Waals surface area contributed by atoms with Crippen molar-refractivity contribution in [1.82, 2.24) is 5.32 Å². The van der Waals surface area contributed by atoms with Crippen LogP contribution in [0.4, 0.5) is 0 Å². The first-order valence-electron chi connectivity index (χ1n) is 6.34. The lowest BCUT2D eigenvalue weighted by molar-refractivity contribution is -0.119. The lowest BCUT2D eigenvalue weighted by Gasteiger charge is -2.19. The molecule has 1 fully saturated rings. The minimum absolute atomic E-state index is 0.196. The third-order valence-electron chi connectivity index (χ3n) is 3.39. The highest BCUT2D eigenvalue weighted by Crippen LogP contribution is 2.23.